The normalized spacial score (nSPS) is 11.0. The van der Waals surface area contributed by atoms with Crippen molar-refractivity contribution in [3.63, 3.8) is 0 Å². The number of benzene rings is 1. The van der Waals surface area contributed by atoms with Crippen LogP contribution in [0.5, 0.6) is 0 Å². The van der Waals surface area contributed by atoms with Crippen molar-refractivity contribution in [1.29, 1.82) is 0 Å². The first-order chi connectivity index (χ1) is 12.5. The molecule has 130 valence electrons. The van der Waals surface area contributed by atoms with Crippen LogP contribution in [0.4, 0.5) is 5.69 Å². The SMILES string of the molecule is Cc1ccn2c(C(=O)Nc3cc(-c4nc(Br)no4)ccc3C)cnc2c1. The Kier molecular flexibility index (Phi) is 4.04. The van der Waals surface area contributed by atoms with Crippen LogP contribution < -0.4 is 5.32 Å². The molecule has 1 N–H and O–H groups in total. The van der Waals surface area contributed by atoms with E-state index in [-0.39, 0.29) is 5.91 Å². The zero-order valence-corrected chi connectivity index (χ0v) is 15.6. The summed E-state index contributed by atoms with van der Waals surface area (Å²) in [5.74, 6) is 0.131. The van der Waals surface area contributed by atoms with Crippen LogP contribution in [-0.2, 0) is 0 Å². The molecule has 8 heteroatoms. The topological polar surface area (TPSA) is 85.3 Å². The Balaban J connectivity index is 1.66. The molecule has 4 rings (SSSR count). The molecule has 4 aromatic rings. The van der Waals surface area contributed by atoms with Crippen LogP contribution in [0.3, 0.4) is 0 Å². The van der Waals surface area contributed by atoms with Crippen LogP contribution in [-0.4, -0.2) is 25.4 Å². The number of carbonyl (C=O) groups excluding carboxylic acids is 1. The van der Waals surface area contributed by atoms with Gasteiger partial charge in [0.15, 0.2) is 0 Å². The highest BCUT2D eigenvalue weighted by molar-refractivity contribution is 9.10. The predicted molar refractivity (Wildman–Crippen MR) is 100 cm³/mol. The molecule has 1 aromatic carbocycles. The first kappa shape index (κ1) is 16.5. The number of imidazole rings is 1. The summed E-state index contributed by atoms with van der Waals surface area (Å²) in [7, 11) is 0. The summed E-state index contributed by atoms with van der Waals surface area (Å²) in [5.41, 5.74) is 4.60. The number of hydrogen-bond donors (Lipinski definition) is 1. The van der Waals surface area contributed by atoms with Gasteiger partial charge in [-0.25, -0.2) is 4.98 Å². The fourth-order valence-electron chi connectivity index (χ4n) is 2.65. The maximum Gasteiger partial charge on any atom is 0.274 e. The monoisotopic (exact) mass is 411 g/mol. The number of pyridine rings is 1. The van der Waals surface area contributed by atoms with Gasteiger partial charge in [0.2, 0.25) is 4.73 Å². The van der Waals surface area contributed by atoms with Gasteiger partial charge in [0.25, 0.3) is 11.8 Å². The van der Waals surface area contributed by atoms with Gasteiger partial charge in [-0.05, 0) is 70.3 Å². The second-order valence-corrected chi connectivity index (χ2v) is 6.64. The summed E-state index contributed by atoms with van der Waals surface area (Å²) in [4.78, 5) is 21.2. The van der Waals surface area contributed by atoms with E-state index in [9.17, 15) is 4.79 Å². The molecule has 0 bridgehead atoms. The first-order valence-corrected chi connectivity index (χ1v) is 8.66. The largest absolute Gasteiger partial charge is 0.333 e. The Morgan fingerprint density at radius 2 is 2.08 bits per heavy atom. The van der Waals surface area contributed by atoms with E-state index in [0.717, 1.165) is 22.3 Å². The number of aryl methyl sites for hydroxylation is 2. The lowest BCUT2D eigenvalue weighted by Gasteiger charge is -2.09. The van der Waals surface area contributed by atoms with E-state index >= 15 is 0 Å². The zero-order valence-electron chi connectivity index (χ0n) is 14.0. The average Bonchev–Trinajstić information content (AvgIpc) is 3.22. The van der Waals surface area contributed by atoms with Crippen molar-refractivity contribution in [3.05, 3.63) is 64.3 Å². The number of nitrogens with one attached hydrogen (secondary N) is 1. The second kappa shape index (κ2) is 6.38. The molecule has 0 unspecified atom stereocenters. The molecule has 26 heavy (non-hydrogen) atoms. The van der Waals surface area contributed by atoms with Gasteiger partial charge >= 0.3 is 0 Å². The standard InChI is InChI=1S/C18H14BrN5O2/c1-10-5-6-24-14(9-20-15(24)7-10)16(25)21-13-8-12(4-3-11(13)2)17-22-18(19)23-26-17/h3-9H,1-2H3,(H,21,25). The van der Waals surface area contributed by atoms with Crippen LogP contribution >= 0.6 is 15.9 Å². The molecule has 0 radical (unpaired) electrons. The van der Waals surface area contributed by atoms with Crippen molar-refractivity contribution in [3.8, 4) is 11.5 Å². The summed E-state index contributed by atoms with van der Waals surface area (Å²) < 4.78 is 7.29. The van der Waals surface area contributed by atoms with E-state index in [1.165, 1.54) is 0 Å². The van der Waals surface area contributed by atoms with E-state index < -0.39 is 0 Å². The van der Waals surface area contributed by atoms with E-state index in [4.69, 9.17) is 4.52 Å². The van der Waals surface area contributed by atoms with E-state index in [2.05, 4.69) is 36.4 Å². The summed E-state index contributed by atoms with van der Waals surface area (Å²) in [5, 5.41) is 6.65. The van der Waals surface area contributed by atoms with Crippen molar-refractivity contribution in [2.45, 2.75) is 13.8 Å². The molecule has 0 aliphatic heterocycles. The lowest BCUT2D eigenvalue weighted by molar-refractivity contribution is 0.102. The molecule has 0 spiro atoms. The maximum atomic E-state index is 12.7. The molecule has 0 atom stereocenters. The van der Waals surface area contributed by atoms with Crippen molar-refractivity contribution >= 4 is 33.2 Å². The van der Waals surface area contributed by atoms with Gasteiger partial charge in [-0.3, -0.25) is 9.20 Å². The van der Waals surface area contributed by atoms with E-state index in [0.29, 0.717) is 22.0 Å². The molecular formula is C18H14BrN5O2. The third-order valence-corrected chi connectivity index (χ3v) is 4.36. The van der Waals surface area contributed by atoms with Crippen molar-refractivity contribution in [2.75, 3.05) is 5.32 Å². The number of nitrogens with zero attached hydrogens (tertiary/aromatic N) is 4. The zero-order chi connectivity index (χ0) is 18.3. The molecule has 7 nitrogen and oxygen atoms in total. The summed E-state index contributed by atoms with van der Waals surface area (Å²) >= 11 is 3.16. The molecule has 0 aliphatic rings. The highest BCUT2D eigenvalue weighted by atomic mass is 79.9. The van der Waals surface area contributed by atoms with Gasteiger partial charge in [0.1, 0.15) is 11.3 Å². The van der Waals surface area contributed by atoms with Crippen LogP contribution in [0.1, 0.15) is 21.6 Å². The molecule has 0 fully saturated rings. The molecular weight excluding hydrogens is 398 g/mol. The minimum absolute atomic E-state index is 0.242. The number of rotatable bonds is 3. The highest BCUT2D eigenvalue weighted by Crippen LogP contribution is 2.25. The van der Waals surface area contributed by atoms with Gasteiger partial charge in [-0.2, -0.15) is 4.98 Å². The van der Waals surface area contributed by atoms with Crippen LogP contribution in [0.15, 0.2) is 52.0 Å². The number of carbonyl (C=O) groups is 1. The minimum Gasteiger partial charge on any atom is -0.333 e. The smallest absolute Gasteiger partial charge is 0.274 e. The van der Waals surface area contributed by atoms with Crippen molar-refractivity contribution < 1.29 is 9.32 Å². The second-order valence-electron chi connectivity index (χ2n) is 5.93. The predicted octanol–water partition coefficient (Wildman–Crippen LogP) is 4.02. The van der Waals surface area contributed by atoms with Gasteiger partial charge in [-0.1, -0.05) is 6.07 Å². The molecule has 0 saturated heterocycles. The van der Waals surface area contributed by atoms with E-state index in [1.54, 1.807) is 16.7 Å². The number of amides is 1. The fourth-order valence-corrected chi connectivity index (χ4v) is 2.88. The van der Waals surface area contributed by atoms with Crippen LogP contribution in [0, 0.1) is 13.8 Å². The van der Waals surface area contributed by atoms with Crippen molar-refractivity contribution in [2.24, 2.45) is 0 Å². The third-order valence-electron chi connectivity index (χ3n) is 4.04. The summed E-state index contributed by atoms with van der Waals surface area (Å²) in [6.07, 6.45) is 3.41. The number of halogens is 1. The Labute approximate surface area is 157 Å². The van der Waals surface area contributed by atoms with Crippen LogP contribution in [0.25, 0.3) is 17.1 Å². The average molecular weight is 412 g/mol. The Morgan fingerprint density at radius 1 is 1.23 bits per heavy atom. The highest BCUT2D eigenvalue weighted by Gasteiger charge is 2.15. The number of anilines is 1. The summed E-state index contributed by atoms with van der Waals surface area (Å²) in [6, 6.07) is 9.42. The lowest BCUT2D eigenvalue weighted by Crippen LogP contribution is -2.15. The summed E-state index contributed by atoms with van der Waals surface area (Å²) in [6.45, 7) is 3.90. The van der Waals surface area contributed by atoms with Gasteiger partial charge in [0, 0.05) is 17.4 Å². The first-order valence-electron chi connectivity index (χ1n) is 7.86. The van der Waals surface area contributed by atoms with Gasteiger partial charge < -0.3 is 9.84 Å². The number of hydrogen-bond acceptors (Lipinski definition) is 5. The maximum absolute atomic E-state index is 12.7. The molecule has 1 amide bonds. The van der Waals surface area contributed by atoms with Crippen LogP contribution in [0.2, 0.25) is 0 Å². The Bertz CT molecular complexity index is 1130. The quantitative estimate of drug-likeness (QED) is 0.550. The van der Waals surface area contributed by atoms with Gasteiger partial charge in [-0.15, -0.1) is 0 Å². The molecule has 0 saturated carbocycles. The fraction of sp³-hybridized carbons (Fsp3) is 0.111. The lowest BCUT2D eigenvalue weighted by atomic mass is 10.1. The number of aromatic nitrogens is 4. The minimum atomic E-state index is -0.242. The Hall–Kier alpha value is -3.00. The Morgan fingerprint density at radius 3 is 2.85 bits per heavy atom. The number of fused-ring (bicyclic) bond motifs is 1. The third kappa shape index (κ3) is 2.99. The molecule has 3 aromatic heterocycles. The molecule has 0 aliphatic carbocycles. The van der Waals surface area contributed by atoms with Crippen molar-refractivity contribution in [1.82, 2.24) is 19.5 Å². The van der Waals surface area contributed by atoms with E-state index in [1.807, 2.05) is 44.3 Å². The van der Waals surface area contributed by atoms with Gasteiger partial charge in [0.05, 0.1) is 6.20 Å². The molecule has 3 heterocycles.